The topological polar surface area (TPSA) is 3.24 Å². The van der Waals surface area contributed by atoms with E-state index in [0.29, 0.717) is 0 Å². The highest BCUT2D eigenvalue weighted by Gasteiger charge is 2.05. The van der Waals surface area contributed by atoms with Crippen LogP contribution in [-0.2, 0) is 13.0 Å². The number of nitrogens with zero attached hydrogens (tertiary/aromatic N) is 1. The minimum absolute atomic E-state index is 1.03. The Kier molecular flexibility index (Phi) is 5.91. The quantitative estimate of drug-likeness (QED) is 0.691. The van der Waals surface area contributed by atoms with Gasteiger partial charge in [-0.25, -0.2) is 0 Å². The van der Waals surface area contributed by atoms with Gasteiger partial charge in [-0.15, -0.1) is 0 Å². The SMILES string of the molecule is BrCCN(CCc1ccsc1)Cc1ccccc1. The lowest BCUT2D eigenvalue weighted by Gasteiger charge is -2.21. The highest BCUT2D eigenvalue weighted by molar-refractivity contribution is 9.09. The van der Waals surface area contributed by atoms with Crippen LogP contribution in [0, 0.1) is 0 Å². The predicted octanol–water partition coefficient (Wildman–Crippen LogP) is 4.19. The van der Waals surface area contributed by atoms with Crippen molar-refractivity contribution in [1.29, 1.82) is 0 Å². The van der Waals surface area contributed by atoms with Crippen LogP contribution in [0.1, 0.15) is 11.1 Å². The molecule has 0 aliphatic rings. The van der Waals surface area contributed by atoms with Crippen molar-refractivity contribution < 1.29 is 0 Å². The summed E-state index contributed by atoms with van der Waals surface area (Å²) in [6, 6.07) is 12.9. The smallest absolute Gasteiger partial charge is 0.0234 e. The van der Waals surface area contributed by atoms with Crippen LogP contribution >= 0.6 is 27.3 Å². The van der Waals surface area contributed by atoms with Crippen molar-refractivity contribution >= 4 is 27.3 Å². The molecular weight excluding hydrogens is 306 g/mol. The van der Waals surface area contributed by atoms with Gasteiger partial charge in [0.05, 0.1) is 0 Å². The molecule has 0 aliphatic heterocycles. The Morgan fingerprint density at radius 2 is 1.83 bits per heavy atom. The summed E-state index contributed by atoms with van der Waals surface area (Å²) in [5.41, 5.74) is 2.84. The Morgan fingerprint density at radius 1 is 1.00 bits per heavy atom. The summed E-state index contributed by atoms with van der Waals surface area (Å²) in [6.45, 7) is 3.26. The molecule has 0 saturated carbocycles. The minimum Gasteiger partial charge on any atom is -0.298 e. The molecule has 1 aromatic heterocycles. The Balaban J connectivity index is 1.87. The molecule has 0 bridgehead atoms. The van der Waals surface area contributed by atoms with Crippen molar-refractivity contribution in [3.05, 3.63) is 58.3 Å². The zero-order valence-electron chi connectivity index (χ0n) is 10.4. The first-order valence-electron chi connectivity index (χ1n) is 6.22. The van der Waals surface area contributed by atoms with Gasteiger partial charge in [-0.1, -0.05) is 46.3 Å². The summed E-state index contributed by atoms with van der Waals surface area (Å²) < 4.78 is 0. The number of halogens is 1. The van der Waals surface area contributed by atoms with Crippen LogP contribution in [0.15, 0.2) is 47.2 Å². The number of hydrogen-bond donors (Lipinski definition) is 0. The van der Waals surface area contributed by atoms with Gasteiger partial charge in [-0.3, -0.25) is 4.90 Å². The van der Waals surface area contributed by atoms with E-state index in [1.54, 1.807) is 11.3 Å². The van der Waals surface area contributed by atoms with E-state index in [2.05, 4.69) is 68.0 Å². The lowest BCUT2D eigenvalue weighted by Crippen LogP contribution is -2.27. The maximum atomic E-state index is 3.54. The molecule has 0 unspecified atom stereocenters. The van der Waals surface area contributed by atoms with E-state index in [-0.39, 0.29) is 0 Å². The molecule has 0 atom stereocenters. The summed E-state index contributed by atoms with van der Waals surface area (Å²) in [7, 11) is 0. The van der Waals surface area contributed by atoms with Crippen LogP contribution in [0.4, 0.5) is 0 Å². The monoisotopic (exact) mass is 323 g/mol. The maximum Gasteiger partial charge on any atom is 0.0234 e. The fourth-order valence-electron chi connectivity index (χ4n) is 1.95. The Hall–Kier alpha value is -0.640. The van der Waals surface area contributed by atoms with Crippen molar-refractivity contribution in [1.82, 2.24) is 4.90 Å². The van der Waals surface area contributed by atoms with Crippen LogP contribution in [-0.4, -0.2) is 23.3 Å². The number of thiophene rings is 1. The minimum atomic E-state index is 1.03. The molecule has 96 valence electrons. The molecular formula is C15H18BrNS. The molecule has 0 saturated heterocycles. The molecule has 0 amide bonds. The molecule has 1 heterocycles. The molecule has 18 heavy (non-hydrogen) atoms. The molecule has 0 aliphatic carbocycles. The Bertz CT molecular complexity index is 427. The molecule has 2 rings (SSSR count). The van der Waals surface area contributed by atoms with Gasteiger partial charge in [0.15, 0.2) is 0 Å². The predicted molar refractivity (Wildman–Crippen MR) is 83.5 cm³/mol. The Morgan fingerprint density at radius 3 is 2.50 bits per heavy atom. The van der Waals surface area contributed by atoms with Crippen molar-refractivity contribution in [2.45, 2.75) is 13.0 Å². The van der Waals surface area contributed by atoms with Crippen molar-refractivity contribution in [2.75, 3.05) is 18.4 Å². The first-order chi connectivity index (χ1) is 8.88. The lowest BCUT2D eigenvalue weighted by molar-refractivity contribution is 0.287. The Labute approximate surface area is 122 Å². The van der Waals surface area contributed by atoms with Crippen LogP contribution in [0.25, 0.3) is 0 Å². The first kappa shape index (κ1) is 13.8. The van der Waals surface area contributed by atoms with Crippen LogP contribution in [0.2, 0.25) is 0 Å². The van der Waals surface area contributed by atoms with E-state index in [1.807, 2.05) is 0 Å². The molecule has 3 heteroatoms. The fourth-order valence-corrected chi connectivity index (χ4v) is 3.16. The van der Waals surface area contributed by atoms with Gasteiger partial charge in [0.25, 0.3) is 0 Å². The van der Waals surface area contributed by atoms with Gasteiger partial charge in [-0.05, 0) is 34.4 Å². The summed E-state index contributed by atoms with van der Waals surface area (Å²) in [5, 5.41) is 5.43. The molecule has 1 aromatic carbocycles. The number of hydrogen-bond acceptors (Lipinski definition) is 2. The average Bonchev–Trinajstić information content (AvgIpc) is 2.91. The van der Waals surface area contributed by atoms with E-state index >= 15 is 0 Å². The zero-order chi connectivity index (χ0) is 12.6. The molecule has 0 N–H and O–H groups in total. The lowest BCUT2D eigenvalue weighted by atomic mass is 10.2. The van der Waals surface area contributed by atoms with Crippen molar-refractivity contribution in [3.63, 3.8) is 0 Å². The highest BCUT2D eigenvalue weighted by atomic mass is 79.9. The second kappa shape index (κ2) is 7.72. The van der Waals surface area contributed by atoms with Gasteiger partial charge in [0.1, 0.15) is 0 Å². The molecule has 0 spiro atoms. The molecule has 2 aromatic rings. The van der Waals surface area contributed by atoms with E-state index in [1.165, 1.54) is 11.1 Å². The van der Waals surface area contributed by atoms with E-state index in [4.69, 9.17) is 0 Å². The standard InChI is InChI=1S/C15H18BrNS/c16-8-10-17(9-6-15-7-11-18-13-15)12-14-4-2-1-3-5-14/h1-5,7,11,13H,6,8-10,12H2. The largest absolute Gasteiger partial charge is 0.298 e. The second-order valence-corrected chi connectivity index (χ2v) is 5.91. The third kappa shape index (κ3) is 4.56. The van der Waals surface area contributed by atoms with Crippen LogP contribution in [0.3, 0.4) is 0 Å². The van der Waals surface area contributed by atoms with Crippen molar-refractivity contribution in [2.24, 2.45) is 0 Å². The molecule has 0 fully saturated rings. The summed E-state index contributed by atoms with van der Waals surface area (Å²) in [4.78, 5) is 2.50. The maximum absolute atomic E-state index is 3.54. The number of alkyl halides is 1. The highest BCUT2D eigenvalue weighted by Crippen LogP contribution is 2.10. The van der Waals surface area contributed by atoms with Crippen LogP contribution < -0.4 is 0 Å². The molecule has 1 nitrogen and oxygen atoms in total. The van der Waals surface area contributed by atoms with E-state index in [0.717, 1.165) is 31.4 Å². The van der Waals surface area contributed by atoms with E-state index < -0.39 is 0 Å². The average molecular weight is 324 g/mol. The zero-order valence-corrected chi connectivity index (χ0v) is 12.8. The number of benzene rings is 1. The van der Waals surface area contributed by atoms with Gasteiger partial charge in [0.2, 0.25) is 0 Å². The third-order valence-electron chi connectivity index (χ3n) is 2.95. The molecule has 0 radical (unpaired) electrons. The van der Waals surface area contributed by atoms with Gasteiger partial charge in [-0.2, -0.15) is 11.3 Å². The summed E-state index contributed by atoms with van der Waals surface area (Å²) in [6.07, 6.45) is 1.14. The van der Waals surface area contributed by atoms with Gasteiger partial charge >= 0.3 is 0 Å². The van der Waals surface area contributed by atoms with Crippen molar-refractivity contribution in [3.8, 4) is 0 Å². The van der Waals surface area contributed by atoms with Gasteiger partial charge < -0.3 is 0 Å². The summed E-state index contributed by atoms with van der Waals surface area (Å²) in [5.74, 6) is 0. The van der Waals surface area contributed by atoms with Gasteiger partial charge in [0, 0.05) is 25.0 Å². The third-order valence-corrected chi connectivity index (χ3v) is 4.03. The second-order valence-electron chi connectivity index (χ2n) is 4.33. The number of rotatable bonds is 7. The van der Waals surface area contributed by atoms with Crippen LogP contribution in [0.5, 0.6) is 0 Å². The summed E-state index contributed by atoms with van der Waals surface area (Å²) >= 11 is 5.32. The normalized spacial score (nSPS) is 11.0. The fraction of sp³-hybridized carbons (Fsp3) is 0.333. The first-order valence-corrected chi connectivity index (χ1v) is 8.28. The van der Waals surface area contributed by atoms with E-state index in [9.17, 15) is 0 Å².